The second-order valence-corrected chi connectivity index (χ2v) is 4.24. The molecule has 13 heavy (non-hydrogen) atoms. The van der Waals surface area contributed by atoms with Crippen molar-refractivity contribution in [3.63, 3.8) is 0 Å². The molecule has 1 rings (SSSR count). The highest BCUT2D eigenvalue weighted by Crippen LogP contribution is 2.18. The van der Waals surface area contributed by atoms with Gasteiger partial charge in [-0.05, 0) is 25.1 Å². The van der Waals surface area contributed by atoms with Gasteiger partial charge in [-0.25, -0.2) is 0 Å². The molecule has 66 valence electrons. The lowest BCUT2D eigenvalue weighted by Gasteiger charge is -1.91. The van der Waals surface area contributed by atoms with E-state index in [1.807, 2.05) is 25.1 Å². The molecule has 0 bridgehead atoms. The van der Waals surface area contributed by atoms with Gasteiger partial charge in [0.25, 0.3) is 0 Å². The summed E-state index contributed by atoms with van der Waals surface area (Å²) < 4.78 is 0. The number of hydrogen-bond acceptors (Lipinski definition) is 3. The summed E-state index contributed by atoms with van der Waals surface area (Å²) in [6.45, 7) is 2.01. The molecule has 0 saturated carbocycles. The summed E-state index contributed by atoms with van der Waals surface area (Å²) in [5, 5.41) is 8.68. The van der Waals surface area contributed by atoms with Gasteiger partial charge in [-0.3, -0.25) is 0 Å². The zero-order valence-corrected chi connectivity index (χ0v) is 8.71. The molecule has 0 unspecified atom stereocenters. The summed E-state index contributed by atoms with van der Waals surface area (Å²) in [6.07, 6.45) is 1.71. The van der Waals surface area contributed by atoms with Gasteiger partial charge in [-0.2, -0.15) is 5.26 Å². The average molecular weight is 208 g/mol. The van der Waals surface area contributed by atoms with Crippen LogP contribution in [0.4, 0.5) is 0 Å². The van der Waals surface area contributed by atoms with Crippen LogP contribution in [-0.4, -0.2) is 4.99 Å². The molecule has 0 aliphatic carbocycles. The van der Waals surface area contributed by atoms with Gasteiger partial charge < -0.3 is 5.73 Å². The van der Waals surface area contributed by atoms with E-state index >= 15 is 0 Å². The Labute approximate surface area is 86.3 Å². The maximum atomic E-state index is 8.68. The second-order valence-electron chi connectivity index (χ2n) is 2.48. The molecular formula is C9H8N2S2. The van der Waals surface area contributed by atoms with Gasteiger partial charge in [0.2, 0.25) is 0 Å². The Bertz CT molecular complexity index is 396. The molecule has 1 aromatic heterocycles. The van der Waals surface area contributed by atoms with Crippen molar-refractivity contribution in [1.82, 2.24) is 0 Å². The predicted octanol–water partition coefficient (Wildman–Crippen LogP) is 2.25. The quantitative estimate of drug-likeness (QED) is 0.460. The molecular weight excluding hydrogens is 200 g/mol. The Morgan fingerprint density at radius 1 is 1.69 bits per heavy atom. The molecule has 0 aliphatic rings. The minimum absolute atomic E-state index is 0.147. The van der Waals surface area contributed by atoms with E-state index in [2.05, 4.69) is 0 Å². The molecule has 1 heterocycles. The number of aryl methyl sites for hydroxylation is 1. The third-order valence-electron chi connectivity index (χ3n) is 1.43. The standard InChI is InChI=1S/C9H8N2S2/c1-6-2-3-8(13-6)4-7(5-10)9(11)12/h2-4H,1H3,(H2,11,12). The average Bonchev–Trinajstić information content (AvgIpc) is 2.46. The van der Waals surface area contributed by atoms with Crippen LogP contribution in [-0.2, 0) is 0 Å². The fourth-order valence-electron chi connectivity index (χ4n) is 0.832. The first-order valence-corrected chi connectivity index (χ1v) is 4.84. The molecule has 1 aromatic rings. The first kappa shape index (κ1) is 9.90. The van der Waals surface area contributed by atoms with Gasteiger partial charge >= 0.3 is 0 Å². The van der Waals surface area contributed by atoms with E-state index < -0.39 is 0 Å². The van der Waals surface area contributed by atoms with E-state index in [9.17, 15) is 0 Å². The topological polar surface area (TPSA) is 49.8 Å². The maximum absolute atomic E-state index is 8.68. The van der Waals surface area contributed by atoms with Crippen LogP contribution >= 0.6 is 23.6 Å². The highest BCUT2D eigenvalue weighted by Gasteiger charge is 2.00. The summed E-state index contributed by atoms with van der Waals surface area (Å²) >= 11 is 6.32. The van der Waals surface area contributed by atoms with Gasteiger partial charge in [0.15, 0.2) is 0 Å². The van der Waals surface area contributed by atoms with Crippen molar-refractivity contribution in [2.45, 2.75) is 6.92 Å². The van der Waals surface area contributed by atoms with Gasteiger partial charge in [0.1, 0.15) is 11.1 Å². The van der Waals surface area contributed by atoms with Crippen LogP contribution < -0.4 is 5.73 Å². The Morgan fingerprint density at radius 2 is 2.38 bits per heavy atom. The Balaban J connectivity index is 3.00. The molecule has 2 nitrogen and oxygen atoms in total. The number of nitriles is 1. The molecule has 0 radical (unpaired) electrons. The van der Waals surface area contributed by atoms with Crippen LogP contribution in [0, 0.1) is 18.3 Å². The van der Waals surface area contributed by atoms with Gasteiger partial charge in [0, 0.05) is 9.75 Å². The van der Waals surface area contributed by atoms with Crippen molar-refractivity contribution in [2.24, 2.45) is 5.73 Å². The van der Waals surface area contributed by atoms with Crippen molar-refractivity contribution in [2.75, 3.05) is 0 Å². The van der Waals surface area contributed by atoms with Gasteiger partial charge in [-0.1, -0.05) is 12.2 Å². The molecule has 0 atom stereocenters. The zero-order valence-electron chi connectivity index (χ0n) is 7.07. The minimum atomic E-state index is 0.147. The number of thiophene rings is 1. The third kappa shape index (κ3) is 2.65. The van der Waals surface area contributed by atoms with Crippen molar-refractivity contribution >= 4 is 34.6 Å². The van der Waals surface area contributed by atoms with Gasteiger partial charge in [0.05, 0.1) is 5.57 Å². The van der Waals surface area contributed by atoms with Crippen LogP contribution in [0.1, 0.15) is 9.75 Å². The fraction of sp³-hybridized carbons (Fsp3) is 0.111. The van der Waals surface area contributed by atoms with Gasteiger partial charge in [-0.15, -0.1) is 11.3 Å². The maximum Gasteiger partial charge on any atom is 0.114 e. The lowest BCUT2D eigenvalue weighted by Crippen LogP contribution is -2.09. The third-order valence-corrected chi connectivity index (χ3v) is 2.60. The van der Waals surface area contributed by atoms with Crippen LogP contribution in [0.15, 0.2) is 17.7 Å². The van der Waals surface area contributed by atoms with E-state index in [1.165, 1.54) is 4.88 Å². The number of nitrogens with zero attached hydrogens (tertiary/aromatic N) is 1. The number of hydrogen-bond donors (Lipinski definition) is 1. The molecule has 0 spiro atoms. The Kier molecular flexibility index (Phi) is 3.18. The monoisotopic (exact) mass is 208 g/mol. The van der Waals surface area contributed by atoms with E-state index in [1.54, 1.807) is 17.4 Å². The molecule has 0 saturated heterocycles. The molecule has 0 fully saturated rings. The van der Waals surface area contributed by atoms with Crippen LogP contribution in [0.5, 0.6) is 0 Å². The van der Waals surface area contributed by atoms with Crippen LogP contribution in [0.25, 0.3) is 6.08 Å². The fourth-order valence-corrected chi connectivity index (χ4v) is 1.76. The van der Waals surface area contributed by atoms with Crippen molar-refractivity contribution < 1.29 is 0 Å². The SMILES string of the molecule is Cc1ccc(C=C(C#N)C(N)=S)s1. The molecule has 2 N–H and O–H groups in total. The highest BCUT2D eigenvalue weighted by molar-refractivity contribution is 7.80. The highest BCUT2D eigenvalue weighted by atomic mass is 32.1. The number of thiocarbonyl (C=S) groups is 1. The summed E-state index contributed by atoms with van der Waals surface area (Å²) in [4.78, 5) is 2.35. The predicted molar refractivity (Wildman–Crippen MR) is 59.4 cm³/mol. The lowest BCUT2D eigenvalue weighted by atomic mass is 10.2. The first-order valence-electron chi connectivity index (χ1n) is 3.61. The smallest absolute Gasteiger partial charge is 0.114 e. The van der Waals surface area contributed by atoms with E-state index in [0.717, 1.165) is 4.88 Å². The number of nitrogens with two attached hydrogens (primary N) is 1. The van der Waals surface area contributed by atoms with Crippen molar-refractivity contribution in [3.05, 3.63) is 27.5 Å². The second kappa shape index (κ2) is 4.17. The first-order chi connectivity index (χ1) is 6.13. The largest absolute Gasteiger partial charge is 0.389 e. The number of rotatable bonds is 2. The van der Waals surface area contributed by atoms with Crippen LogP contribution in [0.2, 0.25) is 0 Å². The summed E-state index contributed by atoms with van der Waals surface area (Å²) in [6, 6.07) is 5.89. The zero-order chi connectivity index (χ0) is 9.84. The Hall–Kier alpha value is -1.18. The summed E-state index contributed by atoms with van der Waals surface area (Å²) in [7, 11) is 0. The molecule has 0 aromatic carbocycles. The van der Waals surface area contributed by atoms with E-state index in [-0.39, 0.29) is 4.99 Å². The normalized spacial score (nSPS) is 10.9. The Morgan fingerprint density at radius 3 is 2.77 bits per heavy atom. The summed E-state index contributed by atoms with van der Waals surface area (Å²) in [5.41, 5.74) is 5.71. The lowest BCUT2D eigenvalue weighted by molar-refractivity contribution is 1.52. The minimum Gasteiger partial charge on any atom is -0.389 e. The van der Waals surface area contributed by atoms with E-state index in [4.69, 9.17) is 23.2 Å². The summed E-state index contributed by atoms with van der Waals surface area (Å²) in [5.74, 6) is 0. The van der Waals surface area contributed by atoms with Crippen LogP contribution in [0.3, 0.4) is 0 Å². The molecule has 0 aliphatic heterocycles. The molecule has 0 amide bonds. The van der Waals surface area contributed by atoms with Crippen molar-refractivity contribution in [1.29, 1.82) is 5.26 Å². The van der Waals surface area contributed by atoms with E-state index in [0.29, 0.717) is 5.57 Å². The molecule has 4 heteroatoms. The van der Waals surface area contributed by atoms with Crippen molar-refractivity contribution in [3.8, 4) is 6.07 Å².